The van der Waals surface area contributed by atoms with Crippen molar-refractivity contribution in [3.05, 3.63) is 53.9 Å². The minimum atomic E-state index is -0.945. The minimum absolute atomic E-state index is 0.138. The summed E-state index contributed by atoms with van der Waals surface area (Å²) in [4.78, 5) is 24.1. The first kappa shape index (κ1) is 47.4. The molecule has 57 heavy (non-hydrogen) atoms. The molecule has 17 heteroatoms. The van der Waals surface area contributed by atoms with E-state index >= 15 is 0 Å². The molecule has 3 aromatic rings. The molecular weight excluding hydrogens is 738 g/mol. The SMILES string of the molecule is CCc1cnn2c(NCc3ccc(OCCOCCOCCOCCOCCOCCOCCN(C)C/C=C/C(=O)O)nc3)cc(N(CC)C(CC)CCO)nc12. The monoisotopic (exact) mass is 803 g/mol. The van der Waals surface area contributed by atoms with Crippen LogP contribution in [-0.2, 0) is 46.2 Å². The number of likely N-dealkylation sites (N-methyl/N-ethyl adjacent to an activating group) is 1. The number of carbonyl (C=O) groups is 1. The summed E-state index contributed by atoms with van der Waals surface area (Å²) in [5.41, 5.74) is 2.91. The highest BCUT2D eigenvalue weighted by molar-refractivity contribution is 5.79. The van der Waals surface area contributed by atoms with E-state index in [1.807, 2.05) is 40.9 Å². The number of aryl methyl sites for hydroxylation is 1. The second-order valence-corrected chi connectivity index (χ2v) is 13.0. The number of nitrogens with one attached hydrogen (secondary N) is 1. The van der Waals surface area contributed by atoms with Crippen LogP contribution in [0.25, 0.3) is 5.65 Å². The summed E-state index contributed by atoms with van der Waals surface area (Å²) in [5.74, 6) is 1.29. The van der Waals surface area contributed by atoms with Gasteiger partial charge in [0.05, 0.1) is 85.5 Å². The molecule has 3 aromatic heterocycles. The van der Waals surface area contributed by atoms with Gasteiger partial charge in [0.15, 0.2) is 5.65 Å². The van der Waals surface area contributed by atoms with Crippen molar-refractivity contribution in [2.75, 3.05) is 129 Å². The Bertz CT molecular complexity index is 1530. The molecule has 0 fully saturated rings. The molecule has 0 saturated carbocycles. The van der Waals surface area contributed by atoms with Crippen molar-refractivity contribution < 1.29 is 48.2 Å². The van der Waals surface area contributed by atoms with Crippen LogP contribution in [0.1, 0.15) is 44.7 Å². The Balaban J connectivity index is 1.18. The van der Waals surface area contributed by atoms with Crippen LogP contribution in [0, 0.1) is 0 Å². The van der Waals surface area contributed by atoms with Gasteiger partial charge in [-0.3, -0.25) is 0 Å². The number of aromatic nitrogens is 4. The molecule has 0 aliphatic heterocycles. The van der Waals surface area contributed by atoms with Gasteiger partial charge in [-0.05, 0) is 38.8 Å². The average molecular weight is 804 g/mol. The van der Waals surface area contributed by atoms with Gasteiger partial charge in [-0.1, -0.05) is 26.0 Å². The van der Waals surface area contributed by atoms with Crippen LogP contribution < -0.4 is 15.0 Å². The van der Waals surface area contributed by atoms with E-state index in [0.29, 0.717) is 118 Å². The number of hydrogen-bond acceptors (Lipinski definition) is 15. The van der Waals surface area contributed by atoms with Gasteiger partial charge in [0.1, 0.15) is 18.2 Å². The molecule has 0 saturated heterocycles. The third-order valence-corrected chi connectivity index (χ3v) is 8.83. The highest BCUT2D eigenvalue weighted by atomic mass is 16.6. The molecule has 0 aliphatic carbocycles. The molecule has 0 amide bonds. The first-order valence-electron chi connectivity index (χ1n) is 20.0. The lowest BCUT2D eigenvalue weighted by Crippen LogP contribution is -2.36. The number of hydrogen-bond donors (Lipinski definition) is 3. The Labute approximate surface area is 337 Å². The van der Waals surface area contributed by atoms with Crippen molar-refractivity contribution in [3.63, 3.8) is 0 Å². The van der Waals surface area contributed by atoms with Crippen LogP contribution >= 0.6 is 0 Å². The molecule has 1 atom stereocenters. The number of carboxylic acids is 1. The topological polar surface area (TPSA) is 184 Å². The number of nitrogens with zero attached hydrogens (tertiary/aromatic N) is 6. The van der Waals surface area contributed by atoms with Crippen molar-refractivity contribution in [3.8, 4) is 5.88 Å². The fraction of sp³-hybridized carbons (Fsp3) is 0.650. The third kappa shape index (κ3) is 18.9. The molecule has 3 N–H and O–H groups in total. The number of aliphatic carboxylic acids is 1. The molecule has 3 heterocycles. The van der Waals surface area contributed by atoms with E-state index in [0.717, 1.165) is 53.9 Å². The molecule has 0 aliphatic rings. The molecular formula is C40H65N7O10. The van der Waals surface area contributed by atoms with E-state index in [1.165, 1.54) is 0 Å². The lowest BCUT2D eigenvalue weighted by Gasteiger charge is -2.31. The van der Waals surface area contributed by atoms with E-state index in [-0.39, 0.29) is 12.6 Å². The summed E-state index contributed by atoms with van der Waals surface area (Å²) >= 11 is 0. The Morgan fingerprint density at radius 2 is 1.49 bits per heavy atom. The Hall–Kier alpha value is -3.94. The quantitative estimate of drug-likeness (QED) is 0.0581. The van der Waals surface area contributed by atoms with Gasteiger partial charge in [-0.15, -0.1) is 0 Å². The van der Waals surface area contributed by atoms with Crippen molar-refractivity contribution in [2.45, 2.75) is 52.6 Å². The number of ether oxygens (including phenoxy) is 7. The van der Waals surface area contributed by atoms with Gasteiger partial charge in [0.25, 0.3) is 0 Å². The molecule has 0 spiro atoms. The molecule has 0 bridgehead atoms. The minimum Gasteiger partial charge on any atom is -0.478 e. The van der Waals surface area contributed by atoms with E-state index in [1.54, 1.807) is 12.3 Å². The predicted octanol–water partition coefficient (Wildman–Crippen LogP) is 3.34. The number of rotatable bonds is 35. The molecule has 0 radical (unpaired) electrons. The highest BCUT2D eigenvalue weighted by Gasteiger charge is 2.20. The van der Waals surface area contributed by atoms with Crippen LogP contribution in [0.5, 0.6) is 5.88 Å². The number of aliphatic hydroxyl groups excluding tert-OH is 1. The van der Waals surface area contributed by atoms with Gasteiger partial charge in [-0.25, -0.2) is 14.8 Å². The zero-order valence-electron chi connectivity index (χ0n) is 34.3. The van der Waals surface area contributed by atoms with Crippen molar-refractivity contribution in [1.29, 1.82) is 0 Å². The second-order valence-electron chi connectivity index (χ2n) is 13.0. The molecule has 1 unspecified atom stereocenters. The predicted molar refractivity (Wildman–Crippen MR) is 217 cm³/mol. The summed E-state index contributed by atoms with van der Waals surface area (Å²) in [6, 6.07) is 6.06. The Morgan fingerprint density at radius 3 is 2.02 bits per heavy atom. The smallest absolute Gasteiger partial charge is 0.328 e. The lowest BCUT2D eigenvalue weighted by atomic mass is 10.1. The first-order chi connectivity index (χ1) is 27.9. The summed E-state index contributed by atoms with van der Waals surface area (Å²) in [5, 5.41) is 26.4. The van der Waals surface area contributed by atoms with Crippen LogP contribution in [0.2, 0.25) is 0 Å². The van der Waals surface area contributed by atoms with Crippen LogP contribution in [-0.4, -0.2) is 166 Å². The Morgan fingerprint density at radius 1 is 0.877 bits per heavy atom. The third-order valence-electron chi connectivity index (χ3n) is 8.83. The second kappa shape index (κ2) is 29.3. The maximum Gasteiger partial charge on any atom is 0.328 e. The molecule has 17 nitrogen and oxygen atoms in total. The highest BCUT2D eigenvalue weighted by Crippen LogP contribution is 2.25. The number of anilines is 2. The van der Waals surface area contributed by atoms with Gasteiger partial charge < -0.3 is 58.5 Å². The van der Waals surface area contributed by atoms with E-state index < -0.39 is 5.97 Å². The van der Waals surface area contributed by atoms with E-state index in [9.17, 15) is 9.90 Å². The van der Waals surface area contributed by atoms with Gasteiger partial charge in [0.2, 0.25) is 5.88 Å². The molecule has 3 rings (SSSR count). The van der Waals surface area contributed by atoms with Crippen molar-refractivity contribution in [1.82, 2.24) is 24.5 Å². The van der Waals surface area contributed by atoms with E-state index in [2.05, 4.69) is 41.1 Å². The fourth-order valence-electron chi connectivity index (χ4n) is 5.70. The number of fused-ring (bicyclic) bond motifs is 1. The normalized spacial score (nSPS) is 12.2. The molecule has 0 aromatic carbocycles. The standard InChI is InChI=1S/C40H65N7O10/c1-5-34-32-43-47-36(29-37(44-40(34)47)46(7-3)35(6-2)12-15-48)41-30-33-10-11-38(42-31-33)57-28-27-56-26-25-55-24-23-54-22-21-53-20-19-52-18-17-51-16-14-45(4)13-8-9-39(49)50/h8-11,29,31-32,35,41,48H,5-7,12-28,30H2,1-4H3,(H,49,50)/b9-8+. The number of pyridine rings is 1. The lowest BCUT2D eigenvalue weighted by molar-refractivity contribution is -0.131. The summed E-state index contributed by atoms with van der Waals surface area (Å²) in [6.07, 6.45) is 8.84. The first-order valence-corrected chi connectivity index (χ1v) is 20.0. The van der Waals surface area contributed by atoms with Gasteiger partial charge in [0, 0.05) is 68.8 Å². The van der Waals surface area contributed by atoms with Crippen LogP contribution in [0.15, 0.2) is 42.7 Å². The van der Waals surface area contributed by atoms with Crippen LogP contribution in [0.3, 0.4) is 0 Å². The van der Waals surface area contributed by atoms with Crippen LogP contribution in [0.4, 0.5) is 11.6 Å². The Kier molecular flexibility index (Phi) is 24.4. The zero-order chi connectivity index (χ0) is 40.9. The summed E-state index contributed by atoms with van der Waals surface area (Å²) < 4.78 is 40.8. The maximum atomic E-state index is 10.5. The summed E-state index contributed by atoms with van der Waals surface area (Å²) in [7, 11) is 1.90. The maximum absolute atomic E-state index is 10.5. The number of aliphatic hydroxyl groups is 1. The number of carboxylic acid groups (broad SMARTS) is 1. The van der Waals surface area contributed by atoms with Crippen molar-refractivity contribution >= 4 is 23.3 Å². The van der Waals surface area contributed by atoms with Gasteiger partial charge >= 0.3 is 5.97 Å². The largest absolute Gasteiger partial charge is 0.478 e. The summed E-state index contributed by atoms with van der Waals surface area (Å²) in [6.45, 7) is 15.2. The van der Waals surface area contributed by atoms with E-state index in [4.69, 9.17) is 43.2 Å². The fourth-order valence-corrected chi connectivity index (χ4v) is 5.70. The van der Waals surface area contributed by atoms with Crippen molar-refractivity contribution in [2.24, 2.45) is 0 Å². The van der Waals surface area contributed by atoms with Gasteiger partial charge in [-0.2, -0.15) is 9.61 Å². The molecule has 320 valence electrons. The average Bonchev–Trinajstić information content (AvgIpc) is 3.64. The zero-order valence-corrected chi connectivity index (χ0v) is 34.3.